The molecule has 2 aromatic rings. The van der Waals surface area contributed by atoms with E-state index < -0.39 is 107 Å². The number of nitrogens with zero attached hydrogens (tertiary/aromatic N) is 2. The van der Waals surface area contributed by atoms with Crippen molar-refractivity contribution in [1.82, 2.24) is 15.2 Å². The van der Waals surface area contributed by atoms with Crippen molar-refractivity contribution in [3.8, 4) is 0 Å². The zero-order chi connectivity index (χ0) is 45.4. The van der Waals surface area contributed by atoms with Gasteiger partial charge >= 0.3 is 18.0 Å². The summed E-state index contributed by atoms with van der Waals surface area (Å²) in [6.45, 7) is 15.6. The number of benzene rings is 1. The number of hydrogen-bond donors (Lipinski definition) is 2. The second-order valence-corrected chi connectivity index (χ2v) is 18.4. The summed E-state index contributed by atoms with van der Waals surface area (Å²) in [6, 6.07) is 5.57. The van der Waals surface area contributed by atoms with Gasteiger partial charge in [-0.25, -0.2) is 18.8 Å². The Morgan fingerprint density at radius 1 is 1.05 bits per heavy atom. The van der Waals surface area contributed by atoms with Crippen molar-refractivity contribution in [2.75, 3.05) is 20.7 Å². The van der Waals surface area contributed by atoms with Gasteiger partial charge in [0.05, 0.1) is 41.5 Å². The fraction of sp³-hybridized carbons (Fsp3) is 0.644. The van der Waals surface area contributed by atoms with Crippen LogP contribution in [0.1, 0.15) is 98.0 Å². The van der Waals surface area contributed by atoms with Crippen molar-refractivity contribution in [2.24, 2.45) is 17.8 Å². The van der Waals surface area contributed by atoms with E-state index in [4.69, 9.17) is 28.4 Å². The van der Waals surface area contributed by atoms with Crippen molar-refractivity contribution in [3.63, 3.8) is 0 Å². The number of fused-ring (bicyclic) bond motifs is 2. The van der Waals surface area contributed by atoms with Crippen LogP contribution in [0.15, 0.2) is 36.5 Å². The normalized spacial score (nSPS) is 35.7. The number of rotatable bonds is 8. The Kier molecular flexibility index (Phi) is 14.5. The van der Waals surface area contributed by atoms with Gasteiger partial charge in [0.25, 0.3) is 5.67 Å². The van der Waals surface area contributed by atoms with Gasteiger partial charge in [-0.3, -0.25) is 14.6 Å². The SMILES string of the molecule is C[C@@H]1C[C@H](N(C)C)[C@@H](O)[C@H](O[C@@H]2[C@@H](C)C(=O)C(C)(F)C(=O)O[C@H](C)C3OC(=O)NC3[C@H](C)C(=O)[C@H](C)C[C@]2(C)OC/C=C/c2cnc3ccc(C(=O)OC(C)(C)C)cc3c2)O1. The number of carbonyl (C=O) groups excluding carboxylic acids is 5. The molecule has 3 aliphatic heterocycles. The quantitative estimate of drug-likeness (QED) is 0.196. The highest BCUT2D eigenvalue weighted by Gasteiger charge is 2.56. The number of alkyl carbamates (subject to hydrolysis) is 1. The topological polar surface area (TPSA) is 189 Å². The summed E-state index contributed by atoms with van der Waals surface area (Å²) in [5.74, 6) is -6.58. The number of esters is 2. The fourth-order valence-electron chi connectivity index (χ4n) is 8.57. The van der Waals surface area contributed by atoms with Gasteiger partial charge in [0, 0.05) is 35.4 Å². The average molecular weight is 856 g/mol. The predicted octanol–water partition coefficient (Wildman–Crippen LogP) is 5.38. The number of pyridine rings is 1. The molecule has 0 aliphatic carbocycles. The molecule has 0 radical (unpaired) electrons. The van der Waals surface area contributed by atoms with Crippen LogP contribution in [-0.4, -0.2) is 131 Å². The molecule has 1 aromatic heterocycles. The number of aliphatic hydroxyl groups is 1. The number of nitrogens with one attached hydrogen (secondary N) is 1. The lowest BCUT2D eigenvalue weighted by Gasteiger charge is -2.47. The first-order chi connectivity index (χ1) is 28.3. The first-order valence-electron chi connectivity index (χ1n) is 20.9. The Bertz CT molecular complexity index is 2000. The zero-order valence-corrected chi connectivity index (χ0v) is 37.2. The first-order valence-corrected chi connectivity index (χ1v) is 20.9. The molecule has 4 heterocycles. The van der Waals surface area contributed by atoms with Crippen LogP contribution in [0.25, 0.3) is 17.0 Å². The van der Waals surface area contributed by atoms with Gasteiger partial charge in [0.2, 0.25) is 0 Å². The molecule has 16 heteroatoms. The third-order valence-corrected chi connectivity index (χ3v) is 11.9. The Morgan fingerprint density at radius 2 is 1.74 bits per heavy atom. The number of halogens is 1. The number of cyclic esters (lactones) is 1. The van der Waals surface area contributed by atoms with Crippen molar-refractivity contribution in [2.45, 2.75) is 148 Å². The van der Waals surface area contributed by atoms with Crippen molar-refractivity contribution in [3.05, 3.63) is 47.7 Å². The van der Waals surface area contributed by atoms with Crippen molar-refractivity contribution >= 4 is 46.6 Å². The Hall–Kier alpha value is -4.35. The third kappa shape index (κ3) is 10.8. The third-order valence-electron chi connectivity index (χ3n) is 11.9. The smallest absolute Gasteiger partial charge is 0.407 e. The molecule has 0 spiro atoms. The van der Waals surface area contributed by atoms with Crippen LogP contribution >= 0.6 is 0 Å². The lowest BCUT2D eigenvalue weighted by molar-refractivity contribution is -0.297. The van der Waals surface area contributed by atoms with Gasteiger partial charge < -0.3 is 43.7 Å². The van der Waals surface area contributed by atoms with E-state index in [0.29, 0.717) is 28.5 Å². The largest absolute Gasteiger partial charge is 0.456 e. The maximum absolute atomic E-state index is 16.7. The Morgan fingerprint density at radius 3 is 2.39 bits per heavy atom. The van der Waals surface area contributed by atoms with Gasteiger partial charge in [-0.1, -0.05) is 32.9 Å². The van der Waals surface area contributed by atoms with Crippen LogP contribution in [-0.2, 0) is 42.8 Å². The molecule has 3 aliphatic rings. The standard InChI is InChI=1S/C45H62FN3O12/c1-23-21-44(9,56-17-13-14-28-19-30-20-29(15-16-31(30)47-22-28)39(53)61-43(6,7)8)38(60-40-35(51)32(49(11)12)18-24(2)57-40)26(4)37(52)45(10,46)41(54)58-27(5)36-33(25(3)34(23)50)48-42(55)59-36/h13-16,19-20,22-27,32-33,35-36,38,40,51H,17-18,21H2,1-12H3,(H,48,55)/b14-13+/t23-,24-,25+,26+,27-,32+,33?,35-,36?,38-,40+,44+,45?/m1/s1. The molecule has 3 fully saturated rings. The Labute approximate surface area is 357 Å². The number of carbonyl (C=O) groups is 5. The molecular weight excluding hydrogens is 794 g/mol. The molecule has 3 saturated heterocycles. The highest BCUT2D eigenvalue weighted by atomic mass is 19.1. The number of Topliss-reactive ketones (excluding diaryl/α,β-unsaturated/α-hetero) is 2. The predicted molar refractivity (Wildman–Crippen MR) is 222 cm³/mol. The van der Waals surface area contributed by atoms with E-state index in [1.54, 1.807) is 92.2 Å². The maximum Gasteiger partial charge on any atom is 0.407 e. The van der Waals surface area contributed by atoms with Gasteiger partial charge in [-0.05, 0) is 105 Å². The molecule has 5 rings (SSSR count). The van der Waals surface area contributed by atoms with E-state index in [9.17, 15) is 29.1 Å². The van der Waals surface area contributed by atoms with Crippen LogP contribution < -0.4 is 5.32 Å². The van der Waals surface area contributed by atoms with Crippen LogP contribution in [0.4, 0.5) is 9.18 Å². The number of alkyl halides is 1. The molecule has 0 bridgehead atoms. The lowest BCUT2D eigenvalue weighted by atomic mass is 9.75. The molecule has 13 atom stereocenters. The van der Waals surface area contributed by atoms with E-state index in [1.807, 2.05) is 17.9 Å². The van der Waals surface area contributed by atoms with Crippen molar-refractivity contribution < 1.29 is 61.9 Å². The molecule has 3 unspecified atom stereocenters. The second-order valence-electron chi connectivity index (χ2n) is 18.4. The summed E-state index contributed by atoms with van der Waals surface area (Å²) in [5, 5.41) is 14.9. The van der Waals surface area contributed by atoms with Gasteiger partial charge in [0.15, 0.2) is 18.2 Å². The molecule has 1 aromatic carbocycles. The summed E-state index contributed by atoms with van der Waals surface area (Å²) in [6.07, 6.45) is -2.08. The number of ketones is 2. The van der Waals surface area contributed by atoms with Crippen LogP contribution in [0, 0.1) is 17.8 Å². The zero-order valence-electron chi connectivity index (χ0n) is 37.2. The molecule has 336 valence electrons. The number of aromatic nitrogens is 1. The summed E-state index contributed by atoms with van der Waals surface area (Å²) in [7, 11) is 3.61. The minimum absolute atomic E-state index is 0.0814. The highest BCUT2D eigenvalue weighted by Crippen LogP contribution is 2.39. The summed E-state index contributed by atoms with van der Waals surface area (Å²) in [4.78, 5) is 73.7. The molecular formula is C45H62FN3O12. The highest BCUT2D eigenvalue weighted by molar-refractivity contribution is 6.08. The summed E-state index contributed by atoms with van der Waals surface area (Å²) < 4.78 is 52.5. The molecule has 61 heavy (non-hydrogen) atoms. The van der Waals surface area contributed by atoms with E-state index in [1.165, 1.54) is 13.8 Å². The van der Waals surface area contributed by atoms with Gasteiger partial charge in [-0.2, -0.15) is 0 Å². The van der Waals surface area contributed by atoms with Gasteiger partial charge in [-0.15, -0.1) is 0 Å². The Balaban J connectivity index is 1.53. The minimum Gasteiger partial charge on any atom is -0.456 e. The van der Waals surface area contributed by atoms with Crippen molar-refractivity contribution in [1.29, 1.82) is 0 Å². The molecule has 15 nitrogen and oxygen atoms in total. The van der Waals surface area contributed by atoms with Gasteiger partial charge in [0.1, 0.15) is 23.6 Å². The second kappa shape index (κ2) is 18.6. The van der Waals surface area contributed by atoms with E-state index in [-0.39, 0.29) is 18.8 Å². The van der Waals surface area contributed by atoms with E-state index >= 15 is 4.39 Å². The molecule has 1 amide bonds. The van der Waals surface area contributed by atoms with Crippen LogP contribution in [0.3, 0.4) is 0 Å². The number of likely N-dealkylation sites (N-methyl/N-ethyl adjacent to an activating group) is 1. The molecule has 0 saturated carbocycles. The number of amides is 1. The minimum atomic E-state index is -3.21. The number of ether oxygens (including phenoxy) is 6. The maximum atomic E-state index is 16.7. The van der Waals surface area contributed by atoms with Crippen LogP contribution in [0.5, 0.6) is 0 Å². The average Bonchev–Trinajstić information content (AvgIpc) is 3.58. The van der Waals surface area contributed by atoms with Crippen LogP contribution in [0.2, 0.25) is 0 Å². The van der Waals surface area contributed by atoms with E-state index in [2.05, 4.69) is 10.3 Å². The van der Waals surface area contributed by atoms with E-state index in [0.717, 1.165) is 6.92 Å². The lowest BCUT2D eigenvalue weighted by Crippen LogP contribution is -2.60. The fourth-order valence-corrected chi connectivity index (χ4v) is 8.57. The monoisotopic (exact) mass is 855 g/mol. The number of aliphatic hydroxyl groups excluding tert-OH is 1. The summed E-state index contributed by atoms with van der Waals surface area (Å²) >= 11 is 0. The number of hydrogen-bond acceptors (Lipinski definition) is 14. The summed E-state index contributed by atoms with van der Waals surface area (Å²) in [5.41, 5.74) is -3.79. The first kappa shape index (κ1) is 47.7. The molecule has 2 N–H and O–H groups in total.